The van der Waals surface area contributed by atoms with E-state index in [0.29, 0.717) is 13.2 Å². The van der Waals surface area contributed by atoms with Crippen molar-refractivity contribution in [1.82, 2.24) is 0 Å². The first-order chi connectivity index (χ1) is 9.65. The van der Waals surface area contributed by atoms with Gasteiger partial charge in [-0.3, -0.25) is 9.59 Å². The fourth-order valence-electron chi connectivity index (χ4n) is 1.51. The molecule has 0 heterocycles. The zero-order chi connectivity index (χ0) is 14.8. The molecule has 0 bridgehead atoms. The van der Waals surface area contributed by atoms with Crippen LogP contribution in [0.2, 0.25) is 0 Å². The smallest absolute Gasteiger partial charge is 0.325 e. The molecule has 2 N–H and O–H groups in total. The molecule has 6 heteroatoms. The fourth-order valence-corrected chi connectivity index (χ4v) is 1.51. The minimum atomic E-state index is -0.308. The van der Waals surface area contributed by atoms with Crippen molar-refractivity contribution in [2.45, 2.75) is 13.8 Å². The van der Waals surface area contributed by atoms with Crippen molar-refractivity contribution in [3.63, 3.8) is 0 Å². The molecule has 0 unspecified atom stereocenters. The Morgan fingerprint density at radius 3 is 1.80 bits per heavy atom. The van der Waals surface area contributed by atoms with Gasteiger partial charge in [0, 0.05) is 11.4 Å². The molecule has 6 nitrogen and oxygen atoms in total. The Labute approximate surface area is 118 Å². The van der Waals surface area contributed by atoms with Crippen LogP contribution in [0.4, 0.5) is 11.4 Å². The van der Waals surface area contributed by atoms with Crippen molar-refractivity contribution in [3.8, 4) is 0 Å². The maximum Gasteiger partial charge on any atom is 0.325 e. The van der Waals surface area contributed by atoms with Gasteiger partial charge in [-0.05, 0) is 32.0 Å². The van der Waals surface area contributed by atoms with Gasteiger partial charge >= 0.3 is 11.9 Å². The van der Waals surface area contributed by atoms with Crippen LogP contribution < -0.4 is 10.6 Å². The second kappa shape index (κ2) is 8.79. The van der Waals surface area contributed by atoms with E-state index >= 15 is 0 Å². The highest BCUT2D eigenvalue weighted by Gasteiger charge is 2.03. The molecule has 1 aromatic rings. The van der Waals surface area contributed by atoms with E-state index in [1.165, 1.54) is 0 Å². The molecule has 0 saturated heterocycles. The predicted molar refractivity (Wildman–Crippen MR) is 76.7 cm³/mol. The fraction of sp³-hybridized carbons (Fsp3) is 0.429. The number of carbonyl (C=O) groups excluding carboxylic acids is 2. The molecule has 0 spiro atoms. The van der Waals surface area contributed by atoms with E-state index in [2.05, 4.69) is 10.6 Å². The first kappa shape index (κ1) is 15.8. The van der Waals surface area contributed by atoms with Crippen molar-refractivity contribution in [3.05, 3.63) is 24.3 Å². The lowest BCUT2D eigenvalue weighted by molar-refractivity contribution is -0.141. The minimum absolute atomic E-state index is 0.106. The summed E-state index contributed by atoms with van der Waals surface area (Å²) in [5.41, 5.74) is 1.54. The van der Waals surface area contributed by atoms with Gasteiger partial charge in [0.1, 0.15) is 13.1 Å². The highest BCUT2D eigenvalue weighted by atomic mass is 16.5. The Hall–Kier alpha value is -2.24. The van der Waals surface area contributed by atoms with E-state index in [4.69, 9.17) is 9.47 Å². The molecule has 0 saturated carbocycles. The molecule has 0 aliphatic carbocycles. The summed E-state index contributed by atoms with van der Waals surface area (Å²) < 4.78 is 9.64. The summed E-state index contributed by atoms with van der Waals surface area (Å²) in [6.07, 6.45) is 0. The van der Waals surface area contributed by atoms with Gasteiger partial charge in [-0.2, -0.15) is 0 Å². The van der Waals surface area contributed by atoms with Crippen molar-refractivity contribution in [1.29, 1.82) is 0 Å². The molecule has 110 valence electrons. The number of hydrogen-bond donors (Lipinski definition) is 2. The van der Waals surface area contributed by atoms with Crippen molar-refractivity contribution >= 4 is 23.3 Å². The van der Waals surface area contributed by atoms with Gasteiger partial charge in [0.25, 0.3) is 0 Å². The Bertz CT molecular complexity index is 411. The van der Waals surface area contributed by atoms with Crippen LogP contribution in [-0.4, -0.2) is 38.2 Å². The van der Waals surface area contributed by atoms with E-state index < -0.39 is 0 Å². The molecular weight excluding hydrogens is 260 g/mol. The third kappa shape index (κ3) is 6.08. The molecule has 20 heavy (non-hydrogen) atoms. The van der Waals surface area contributed by atoms with Crippen LogP contribution >= 0.6 is 0 Å². The lowest BCUT2D eigenvalue weighted by Gasteiger charge is -2.09. The van der Waals surface area contributed by atoms with E-state index in [0.717, 1.165) is 11.4 Å². The van der Waals surface area contributed by atoms with Crippen LogP contribution in [0.3, 0.4) is 0 Å². The van der Waals surface area contributed by atoms with E-state index in [1.54, 1.807) is 19.9 Å². The zero-order valence-corrected chi connectivity index (χ0v) is 11.8. The number of benzene rings is 1. The van der Waals surface area contributed by atoms with Crippen molar-refractivity contribution in [2.24, 2.45) is 0 Å². The number of nitrogens with one attached hydrogen (secondary N) is 2. The lowest BCUT2D eigenvalue weighted by atomic mass is 10.2. The number of esters is 2. The Kier molecular flexibility index (Phi) is 6.95. The third-order valence-corrected chi connectivity index (χ3v) is 2.35. The summed E-state index contributed by atoms with van der Waals surface area (Å²) in [5.74, 6) is -0.616. The average Bonchev–Trinajstić information content (AvgIpc) is 2.44. The quantitative estimate of drug-likeness (QED) is 0.705. The van der Waals surface area contributed by atoms with Crippen LogP contribution in [0.25, 0.3) is 0 Å². The zero-order valence-electron chi connectivity index (χ0n) is 11.8. The number of rotatable bonds is 8. The Balaban J connectivity index is 2.45. The highest BCUT2D eigenvalue weighted by Crippen LogP contribution is 2.14. The molecule has 0 aliphatic heterocycles. The highest BCUT2D eigenvalue weighted by molar-refractivity contribution is 5.77. The molecule has 0 aromatic heterocycles. The number of ether oxygens (including phenoxy) is 2. The normalized spacial score (nSPS) is 9.70. The largest absolute Gasteiger partial charge is 0.465 e. The summed E-state index contributed by atoms with van der Waals surface area (Å²) >= 11 is 0. The van der Waals surface area contributed by atoms with Crippen molar-refractivity contribution in [2.75, 3.05) is 36.9 Å². The first-order valence-electron chi connectivity index (χ1n) is 6.54. The lowest BCUT2D eigenvalue weighted by Crippen LogP contribution is -2.18. The minimum Gasteiger partial charge on any atom is -0.465 e. The van der Waals surface area contributed by atoms with Gasteiger partial charge in [-0.25, -0.2) is 0 Å². The van der Waals surface area contributed by atoms with Gasteiger partial charge < -0.3 is 20.1 Å². The summed E-state index contributed by atoms with van der Waals surface area (Å²) in [5, 5.41) is 5.90. The topological polar surface area (TPSA) is 76.7 Å². The van der Waals surface area contributed by atoms with Gasteiger partial charge in [0.2, 0.25) is 0 Å². The molecule has 1 aromatic carbocycles. The molecule has 1 rings (SSSR count). The van der Waals surface area contributed by atoms with E-state index in [9.17, 15) is 9.59 Å². The SMILES string of the molecule is CCOC(=O)CNc1cccc(NCC(=O)OCC)c1. The number of anilines is 2. The monoisotopic (exact) mass is 280 g/mol. The van der Waals surface area contributed by atoms with Crippen LogP contribution in [0.5, 0.6) is 0 Å². The molecule has 0 amide bonds. The van der Waals surface area contributed by atoms with E-state index in [-0.39, 0.29) is 25.0 Å². The summed E-state index contributed by atoms with van der Waals surface area (Å²) in [7, 11) is 0. The first-order valence-corrected chi connectivity index (χ1v) is 6.54. The van der Waals surface area contributed by atoms with E-state index in [1.807, 2.05) is 18.2 Å². The maximum atomic E-state index is 11.2. The van der Waals surface area contributed by atoms with Crippen molar-refractivity contribution < 1.29 is 19.1 Å². The van der Waals surface area contributed by atoms with Gasteiger partial charge in [-0.15, -0.1) is 0 Å². The van der Waals surface area contributed by atoms with Crippen LogP contribution in [-0.2, 0) is 19.1 Å². The summed E-state index contributed by atoms with van der Waals surface area (Å²) in [6.45, 7) is 4.46. The van der Waals surface area contributed by atoms with Crippen LogP contribution in [0.1, 0.15) is 13.8 Å². The maximum absolute atomic E-state index is 11.2. The Morgan fingerprint density at radius 2 is 1.40 bits per heavy atom. The molecule has 0 radical (unpaired) electrons. The molecule has 0 fully saturated rings. The summed E-state index contributed by atoms with van der Waals surface area (Å²) in [4.78, 5) is 22.5. The molecule has 0 aliphatic rings. The standard InChI is InChI=1S/C14H20N2O4/c1-3-19-13(17)9-15-11-6-5-7-12(8-11)16-10-14(18)20-4-2/h5-8,15-16H,3-4,9-10H2,1-2H3. The average molecular weight is 280 g/mol. The van der Waals surface area contributed by atoms with Gasteiger partial charge in [0.15, 0.2) is 0 Å². The third-order valence-electron chi connectivity index (χ3n) is 2.35. The summed E-state index contributed by atoms with van der Waals surface area (Å²) in [6, 6.07) is 7.28. The van der Waals surface area contributed by atoms with Crippen LogP contribution in [0, 0.1) is 0 Å². The number of hydrogen-bond acceptors (Lipinski definition) is 6. The number of carbonyl (C=O) groups is 2. The second-order valence-electron chi connectivity index (χ2n) is 3.90. The molecular formula is C14H20N2O4. The second-order valence-corrected chi connectivity index (χ2v) is 3.90. The van der Waals surface area contributed by atoms with Gasteiger partial charge in [-0.1, -0.05) is 6.07 Å². The predicted octanol–water partition coefficient (Wildman–Crippen LogP) is 1.64. The molecule has 0 atom stereocenters. The van der Waals surface area contributed by atoms with Crippen LogP contribution in [0.15, 0.2) is 24.3 Å². The Morgan fingerprint density at radius 1 is 0.950 bits per heavy atom. The van der Waals surface area contributed by atoms with Gasteiger partial charge in [0.05, 0.1) is 13.2 Å².